The number of carbonyl (C=O) groups is 1. The molecule has 6 heteroatoms. The zero-order valence-electron chi connectivity index (χ0n) is 10.3. The van der Waals surface area contributed by atoms with Crippen LogP contribution in [0.3, 0.4) is 0 Å². The maximum absolute atomic E-state index is 12.3. The molecule has 0 aromatic rings. The summed E-state index contributed by atoms with van der Waals surface area (Å²) in [6.45, 7) is 1.08. The zero-order valence-corrected chi connectivity index (χ0v) is 10.3. The van der Waals surface area contributed by atoms with Crippen LogP contribution in [0.1, 0.15) is 32.1 Å². The highest BCUT2D eigenvalue weighted by atomic mass is 19.4. The van der Waals surface area contributed by atoms with E-state index < -0.39 is 12.6 Å². The molecular formula is C12H19F3N2O. The smallest absolute Gasteiger partial charge is 0.341 e. The Labute approximate surface area is 105 Å². The van der Waals surface area contributed by atoms with Crippen LogP contribution in [0.15, 0.2) is 0 Å². The second kappa shape index (κ2) is 5.47. The normalized spacial score (nSPS) is 24.3. The van der Waals surface area contributed by atoms with Gasteiger partial charge in [0.15, 0.2) is 0 Å². The van der Waals surface area contributed by atoms with Gasteiger partial charge in [-0.2, -0.15) is 13.2 Å². The van der Waals surface area contributed by atoms with Gasteiger partial charge in [0.25, 0.3) is 0 Å². The lowest BCUT2D eigenvalue weighted by molar-refractivity contribution is -0.146. The molecule has 1 saturated heterocycles. The van der Waals surface area contributed by atoms with Crippen LogP contribution in [-0.4, -0.2) is 42.7 Å². The molecule has 2 aliphatic rings. The summed E-state index contributed by atoms with van der Waals surface area (Å²) >= 11 is 0. The van der Waals surface area contributed by atoms with E-state index in [1.807, 2.05) is 0 Å². The molecule has 1 N–H and O–H groups in total. The number of nitrogens with zero attached hydrogens (tertiary/aromatic N) is 1. The molecule has 0 bridgehead atoms. The van der Waals surface area contributed by atoms with Crippen molar-refractivity contribution < 1.29 is 18.0 Å². The van der Waals surface area contributed by atoms with Gasteiger partial charge >= 0.3 is 6.18 Å². The Morgan fingerprint density at radius 2 is 2.00 bits per heavy atom. The van der Waals surface area contributed by atoms with E-state index in [0.717, 1.165) is 32.2 Å². The molecule has 1 saturated carbocycles. The van der Waals surface area contributed by atoms with Crippen molar-refractivity contribution in [3.8, 4) is 0 Å². The van der Waals surface area contributed by atoms with Gasteiger partial charge in [-0.05, 0) is 38.1 Å². The topological polar surface area (TPSA) is 32.3 Å². The Morgan fingerprint density at radius 1 is 1.28 bits per heavy atom. The maximum atomic E-state index is 12.3. The van der Waals surface area contributed by atoms with Gasteiger partial charge in [-0.1, -0.05) is 0 Å². The number of alkyl halides is 3. The third kappa shape index (κ3) is 4.15. The number of halogens is 3. The fourth-order valence-electron chi connectivity index (χ4n) is 2.28. The van der Waals surface area contributed by atoms with Crippen molar-refractivity contribution in [3.63, 3.8) is 0 Å². The predicted octanol–water partition coefficient (Wildman–Crippen LogP) is 1.93. The first-order valence-corrected chi connectivity index (χ1v) is 6.54. The van der Waals surface area contributed by atoms with E-state index >= 15 is 0 Å². The second-order valence-corrected chi connectivity index (χ2v) is 5.24. The molecule has 0 aromatic heterocycles. The van der Waals surface area contributed by atoms with E-state index in [4.69, 9.17) is 0 Å². The minimum absolute atomic E-state index is 0.149. The van der Waals surface area contributed by atoms with Gasteiger partial charge in [-0.25, -0.2) is 0 Å². The van der Waals surface area contributed by atoms with Crippen molar-refractivity contribution >= 4 is 5.91 Å². The lowest BCUT2D eigenvalue weighted by Crippen LogP contribution is -2.45. The molecule has 0 radical (unpaired) electrons. The van der Waals surface area contributed by atoms with E-state index in [1.54, 1.807) is 0 Å². The summed E-state index contributed by atoms with van der Waals surface area (Å²) in [5.41, 5.74) is 0. The number of nitrogens with one attached hydrogen (secondary N) is 1. The Morgan fingerprint density at radius 3 is 2.50 bits per heavy atom. The Balaban J connectivity index is 1.88. The number of hydrogen-bond donors (Lipinski definition) is 1. The summed E-state index contributed by atoms with van der Waals surface area (Å²) in [5, 5.41) is 3.06. The van der Waals surface area contributed by atoms with Gasteiger partial charge < -0.3 is 10.2 Å². The molecule has 1 amide bonds. The summed E-state index contributed by atoms with van der Waals surface area (Å²) in [7, 11) is 0. The molecule has 1 aliphatic carbocycles. The van der Waals surface area contributed by atoms with Gasteiger partial charge in [-0.15, -0.1) is 0 Å². The van der Waals surface area contributed by atoms with Crippen molar-refractivity contribution in [1.29, 1.82) is 0 Å². The van der Waals surface area contributed by atoms with Gasteiger partial charge in [0.05, 0.1) is 12.5 Å². The van der Waals surface area contributed by atoms with Crippen LogP contribution >= 0.6 is 0 Å². The van der Waals surface area contributed by atoms with Crippen LogP contribution in [0.25, 0.3) is 0 Å². The van der Waals surface area contributed by atoms with Crippen LogP contribution in [0, 0.1) is 5.92 Å². The average molecular weight is 264 g/mol. The van der Waals surface area contributed by atoms with Crippen LogP contribution in [-0.2, 0) is 4.79 Å². The van der Waals surface area contributed by atoms with Crippen molar-refractivity contribution in [2.75, 3.05) is 19.6 Å². The quantitative estimate of drug-likeness (QED) is 0.823. The fourth-order valence-corrected chi connectivity index (χ4v) is 2.28. The standard InChI is InChI=1S/C12H19F3N2O/c13-12(14,15)5-7-17(8-9-3-4-9)11(18)10-2-1-6-16-10/h9-10,16H,1-8H2. The summed E-state index contributed by atoms with van der Waals surface area (Å²) in [5.74, 6) is 0.271. The summed E-state index contributed by atoms with van der Waals surface area (Å²) in [6.07, 6.45) is -1.36. The Bertz CT molecular complexity index is 296. The molecule has 2 rings (SSSR count). The first-order valence-electron chi connectivity index (χ1n) is 6.54. The first-order chi connectivity index (χ1) is 8.46. The average Bonchev–Trinajstić information content (AvgIpc) is 2.93. The molecule has 2 fully saturated rings. The van der Waals surface area contributed by atoms with E-state index in [1.165, 1.54) is 4.90 Å². The van der Waals surface area contributed by atoms with Crippen molar-refractivity contribution in [1.82, 2.24) is 10.2 Å². The van der Waals surface area contributed by atoms with E-state index in [0.29, 0.717) is 12.5 Å². The summed E-state index contributed by atoms with van der Waals surface area (Å²) < 4.78 is 36.8. The Kier molecular flexibility index (Phi) is 4.14. The van der Waals surface area contributed by atoms with Gasteiger partial charge in [0.2, 0.25) is 5.91 Å². The van der Waals surface area contributed by atoms with Crippen molar-refractivity contribution in [3.05, 3.63) is 0 Å². The molecule has 1 aliphatic heterocycles. The molecular weight excluding hydrogens is 245 g/mol. The van der Waals surface area contributed by atoms with Crippen LogP contribution in [0.5, 0.6) is 0 Å². The van der Waals surface area contributed by atoms with Gasteiger partial charge in [0, 0.05) is 13.1 Å². The van der Waals surface area contributed by atoms with E-state index in [9.17, 15) is 18.0 Å². The van der Waals surface area contributed by atoms with Crippen LogP contribution in [0.4, 0.5) is 13.2 Å². The number of hydrogen-bond acceptors (Lipinski definition) is 2. The number of carbonyl (C=O) groups excluding carboxylic acids is 1. The lowest BCUT2D eigenvalue weighted by atomic mass is 10.2. The Hall–Kier alpha value is -0.780. The molecule has 18 heavy (non-hydrogen) atoms. The molecule has 1 heterocycles. The monoisotopic (exact) mass is 264 g/mol. The SMILES string of the molecule is O=C(C1CCCN1)N(CCC(F)(F)F)CC1CC1. The van der Waals surface area contributed by atoms with Gasteiger partial charge in [-0.3, -0.25) is 4.79 Å². The minimum atomic E-state index is -4.19. The molecule has 0 spiro atoms. The lowest BCUT2D eigenvalue weighted by Gasteiger charge is -2.26. The van der Waals surface area contributed by atoms with Gasteiger partial charge in [0.1, 0.15) is 0 Å². The van der Waals surface area contributed by atoms with Crippen LogP contribution < -0.4 is 5.32 Å². The second-order valence-electron chi connectivity index (χ2n) is 5.24. The van der Waals surface area contributed by atoms with Crippen LogP contribution in [0.2, 0.25) is 0 Å². The zero-order chi connectivity index (χ0) is 13.2. The number of amides is 1. The highest BCUT2D eigenvalue weighted by Gasteiger charge is 2.34. The highest BCUT2D eigenvalue weighted by molar-refractivity contribution is 5.82. The summed E-state index contributed by atoms with van der Waals surface area (Å²) in [4.78, 5) is 13.5. The first kappa shape index (κ1) is 13.6. The predicted molar refractivity (Wildman–Crippen MR) is 61.0 cm³/mol. The molecule has 104 valence electrons. The summed E-state index contributed by atoms with van der Waals surface area (Å²) in [6, 6.07) is -0.267. The third-order valence-corrected chi connectivity index (χ3v) is 3.51. The van der Waals surface area contributed by atoms with Crippen molar-refractivity contribution in [2.45, 2.75) is 44.3 Å². The molecule has 3 nitrogen and oxygen atoms in total. The minimum Gasteiger partial charge on any atom is -0.341 e. The van der Waals surface area contributed by atoms with E-state index in [2.05, 4.69) is 5.32 Å². The molecule has 1 unspecified atom stereocenters. The third-order valence-electron chi connectivity index (χ3n) is 3.51. The highest BCUT2D eigenvalue weighted by Crippen LogP contribution is 2.31. The number of rotatable bonds is 5. The van der Waals surface area contributed by atoms with E-state index in [-0.39, 0.29) is 18.5 Å². The molecule has 0 aromatic carbocycles. The maximum Gasteiger partial charge on any atom is 0.390 e. The fraction of sp³-hybridized carbons (Fsp3) is 0.917. The molecule has 1 atom stereocenters. The largest absolute Gasteiger partial charge is 0.390 e. The van der Waals surface area contributed by atoms with Crippen molar-refractivity contribution in [2.24, 2.45) is 5.92 Å².